The Balaban J connectivity index is 1.61. The second-order valence-corrected chi connectivity index (χ2v) is 6.72. The SMILES string of the molecule is COCC1CCN(CC2CCC(CNC(C)C)O2)CC1. The normalized spacial score (nSPS) is 29.4. The molecule has 2 saturated heterocycles. The lowest BCUT2D eigenvalue weighted by Crippen LogP contribution is -2.40. The minimum Gasteiger partial charge on any atom is -0.384 e. The van der Waals surface area contributed by atoms with Crippen LogP contribution in [-0.4, -0.2) is 63.0 Å². The highest BCUT2D eigenvalue weighted by Crippen LogP contribution is 2.23. The molecule has 0 radical (unpaired) electrons. The molecule has 2 atom stereocenters. The molecule has 0 aliphatic carbocycles. The number of hydrogen-bond acceptors (Lipinski definition) is 4. The number of likely N-dealkylation sites (tertiary alicyclic amines) is 1. The molecule has 4 nitrogen and oxygen atoms in total. The van der Waals surface area contributed by atoms with E-state index in [1.807, 2.05) is 7.11 Å². The number of methoxy groups -OCH3 is 1. The monoisotopic (exact) mass is 284 g/mol. The van der Waals surface area contributed by atoms with Crippen LogP contribution in [0.1, 0.15) is 39.5 Å². The van der Waals surface area contributed by atoms with E-state index in [4.69, 9.17) is 9.47 Å². The van der Waals surface area contributed by atoms with Gasteiger partial charge in [0.15, 0.2) is 0 Å². The highest BCUT2D eigenvalue weighted by molar-refractivity contribution is 4.80. The molecule has 2 aliphatic rings. The second kappa shape index (κ2) is 8.32. The summed E-state index contributed by atoms with van der Waals surface area (Å²) in [4.78, 5) is 2.58. The summed E-state index contributed by atoms with van der Waals surface area (Å²) in [6.45, 7) is 9.86. The molecule has 0 amide bonds. The van der Waals surface area contributed by atoms with Gasteiger partial charge in [0.2, 0.25) is 0 Å². The van der Waals surface area contributed by atoms with Crippen molar-refractivity contribution in [1.29, 1.82) is 0 Å². The molecule has 0 spiro atoms. The first-order chi connectivity index (χ1) is 9.67. The van der Waals surface area contributed by atoms with Gasteiger partial charge in [-0.15, -0.1) is 0 Å². The van der Waals surface area contributed by atoms with E-state index in [0.717, 1.165) is 25.6 Å². The Labute approximate surface area is 124 Å². The van der Waals surface area contributed by atoms with Gasteiger partial charge in [-0.2, -0.15) is 0 Å². The molecule has 4 heteroatoms. The molecule has 0 saturated carbocycles. The van der Waals surface area contributed by atoms with Gasteiger partial charge in [0.25, 0.3) is 0 Å². The lowest BCUT2D eigenvalue weighted by molar-refractivity contribution is 0.0120. The number of nitrogens with zero attached hydrogens (tertiary/aromatic N) is 1. The van der Waals surface area contributed by atoms with E-state index >= 15 is 0 Å². The van der Waals surface area contributed by atoms with Crippen molar-refractivity contribution in [3.8, 4) is 0 Å². The third-order valence-electron chi connectivity index (χ3n) is 4.52. The van der Waals surface area contributed by atoms with Gasteiger partial charge in [-0.05, 0) is 44.7 Å². The van der Waals surface area contributed by atoms with Gasteiger partial charge in [0.1, 0.15) is 0 Å². The molecule has 1 N–H and O–H groups in total. The van der Waals surface area contributed by atoms with Crippen LogP contribution in [0.3, 0.4) is 0 Å². The second-order valence-electron chi connectivity index (χ2n) is 6.72. The van der Waals surface area contributed by atoms with Gasteiger partial charge < -0.3 is 19.7 Å². The summed E-state index contributed by atoms with van der Waals surface area (Å²) in [5, 5.41) is 3.48. The molecule has 2 fully saturated rings. The number of piperidine rings is 1. The standard InChI is InChI=1S/C16H32N2O2/c1-13(2)17-10-15-4-5-16(20-15)11-18-8-6-14(7-9-18)12-19-3/h13-17H,4-12H2,1-3H3. The van der Waals surface area contributed by atoms with Gasteiger partial charge in [-0.3, -0.25) is 0 Å². The van der Waals surface area contributed by atoms with E-state index in [2.05, 4.69) is 24.1 Å². The first-order valence-corrected chi connectivity index (χ1v) is 8.27. The minimum atomic E-state index is 0.424. The summed E-state index contributed by atoms with van der Waals surface area (Å²) in [7, 11) is 1.81. The van der Waals surface area contributed by atoms with Gasteiger partial charge >= 0.3 is 0 Å². The van der Waals surface area contributed by atoms with Crippen LogP contribution in [0.2, 0.25) is 0 Å². The lowest BCUT2D eigenvalue weighted by Gasteiger charge is -2.33. The van der Waals surface area contributed by atoms with Crippen molar-refractivity contribution in [2.75, 3.05) is 39.9 Å². The fraction of sp³-hybridized carbons (Fsp3) is 1.00. The molecule has 0 bridgehead atoms. The summed E-state index contributed by atoms with van der Waals surface area (Å²) < 4.78 is 11.4. The molecule has 2 unspecified atom stereocenters. The van der Waals surface area contributed by atoms with Crippen molar-refractivity contribution in [3.05, 3.63) is 0 Å². The van der Waals surface area contributed by atoms with Crippen LogP contribution in [0.15, 0.2) is 0 Å². The molecule has 0 aromatic rings. The molecule has 0 aromatic carbocycles. The van der Waals surface area contributed by atoms with E-state index < -0.39 is 0 Å². The largest absolute Gasteiger partial charge is 0.384 e. The molecule has 0 aromatic heterocycles. The van der Waals surface area contributed by atoms with Gasteiger partial charge in [-0.25, -0.2) is 0 Å². The average molecular weight is 284 g/mol. The van der Waals surface area contributed by atoms with Crippen molar-refractivity contribution in [3.63, 3.8) is 0 Å². The zero-order chi connectivity index (χ0) is 14.4. The molecular formula is C16H32N2O2. The summed E-state index contributed by atoms with van der Waals surface area (Å²) in [5.74, 6) is 0.767. The fourth-order valence-corrected chi connectivity index (χ4v) is 3.29. The Kier molecular flexibility index (Phi) is 6.75. The Hall–Kier alpha value is -0.160. The quantitative estimate of drug-likeness (QED) is 0.774. The smallest absolute Gasteiger partial charge is 0.0707 e. The van der Waals surface area contributed by atoms with Gasteiger partial charge in [0.05, 0.1) is 12.2 Å². The molecule has 2 aliphatic heterocycles. The van der Waals surface area contributed by atoms with Crippen LogP contribution in [-0.2, 0) is 9.47 Å². The van der Waals surface area contributed by atoms with Crippen LogP contribution in [0.5, 0.6) is 0 Å². The Morgan fingerprint density at radius 3 is 2.50 bits per heavy atom. The van der Waals surface area contributed by atoms with Crippen molar-refractivity contribution in [1.82, 2.24) is 10.2 Å². The predicted molar refractivity (Wildman–Crippen MR) is 82.1 cm³/mol. The van der Waals surface area contributed by atoms with E-state index in [0.29, 0.717) is 18.2 Å². The molecule has 2 heterocycles. The van der Waals surface area contributed by atoms with E-state index in [1.54, 1.807) is 0 Å². The van der Waals surface area contributed by atoms with E-state index in [1.165, 1.54) is 38.8 Å². The zero-order valence-electron chi connectivity index (χ0n) is 13.4. The highest BCUT2D eigenvalue weighted by atomic mass is 16.5. The minimum absolute atomic E-state index is 0.424. The first kappa shape index (κ1) is 16.2. The highest BCUT2D eigenvalue weighted by Gasteiger charge is 2.28. The van der Waals surface area contributed by atoms with Crippen LogP contribution >= 0.6 is 0 Å². The van der Waals surface area contributed by atoms with Crippen LogP contribution in [0, 0.1) is 5.92 Å². The summed E-state index contributed by atoms with van der Waals surface area (Å²) in [6, 6.07) is 0.553. The van der Waals surface area contributed by atoms with Crippen molar-refractivity contribution in [2.24, 2.45) is 5.92 Å². The lowest BCUT2D eigenvalue weighted by atomic mass is 9.97. The maximum atomic E-state index is 6.16. The average Bonchev–Trinajstić information content (AvgIpc) is 2.87. The van der Waals surface area contributed by atoms with Crippen molar-refractivity contribution >= 4 is 0 Å². The summed E-state index contributed by atoms with van der Waals surface area (Å²) in [6.07, 6.45) is 5.87. The van der Waals surface area contributed by atoms with Crippen molar-refractivity contribution < 1.29 is 9.47 Å². The first-order valence-electron chi connectivity index (χ1n) is 8.27. The summed E-state index contributed by atoms with van der Waals surface area (Å²) >= 11 is 0. The van der Waals surface area contributed by atoms with Crippen molar-refractivity contribution in [2.45, 2.75) is 57.8 Å². The Morgan fingerprint density at radius 2 is 1.85 bits per heavy atom. The van der Waals surface area contributed by atoms with Gasteiger partial charge in [0, 0.05) is 32.8 Å². The van der Waals surface area contributed by atoms with Gasteiger partial charge in [-0.1, -0.05) is 13.8 Å². The Morgan fingerprint density at radius 1 is 1.15 bits per heavy atom. The molecular weight excluding hydrogens is 252 g/mol. The Bertz CT molecular complexity index is 265. The molecule has 118 valence electrons. The maximum Gasteiger partial charge on any atom is 0.0707 e. The zero-order valence-corrected chi connectivity index (χ0v) is 13.4. The summed E-state index contributed by atoms with van der Waals surface area (Å²) in [5.41, 5.74) is 0. The number of ether oxygens (including phenoxy) is 2. The third kappa shape index (κ3) is 5.32. The van der Waals surface area contributed by atoms with Crippen LogP contribution in [0.25, 0.3) is 0 Å². The van der Waals surface area contributed by atoms with E-state index in [9.17, 15) is 0 Å². The topological polar surface area (TPSA) is 33.7 Å². The molecule has 2 rings (SSSR count). The predicted octanol–water partition coefficient (Wildman–Crippen LogP) is 1.89. The number of nitrogens with one attached hydrogen (secondary N) is 1. The van der Waals surface area contributed by atoms with E-state index in [-0.39, 0.29) is 0 Å². The third-order valence-corrected chi connectivity index (χ3v) is 4.52. The number of rotatable bonds is 7. The number of hydrogen-bond donors (Lipinski definition) is 1. The fourth-order valence-electron chi connectivity index (χ4n) is 3.29. The maximum absolute atomic E-state index is 6.16. The van der Waals surface area contributed by atoms with Crippen LogP contribution in [0.4, 0.5) is 0 Å². The molecule has 20 heavy (non-hydrogen) atoms. The van der Waals surface area contributed by atoms with Crippen LogP contribution < -0.4 is 5.32 Å².